The van der Waals surface area contributed by atoms with Crippen LogP contribution in [0, 0.1) is 0 Å². The molecule has 0 aliphatic rings. The van der Waals surface area contributed by atoms with E-state index in [-0.39, 0.29) is 0 Å². The lowest BCUT2D eigenvalue weighted by molar-refractivity contribution is -0.871. The molecule has 0 heterocycles. The first-order valence-corrected chi connectivity index (χ1v) is 6.95. The fourth-order valence-corrected chi connectivity index (χ4v) is 1.67. The Morgan fingerprint density at radius 3 is 2.57 bits per heavy atom. The largest absolute Gasteiger partial charge is 0.434 e. The van der Waals surface area contributed by atoms with Gasteiger partial charge in [-0.2, -0.15) is 5.48 Å². The Morgan fingerprint density at radius 1 is 1.33 bits per heavy atom. The Hall–Kier alpha value is -1.69. The van der Waals surface area contributed by atoms with E-state index >= 15 is 0 Å². The number of ether oxygens (including phenoxy) is 1. The number of hydroxylamine groups is 1. The van der Waals surface area contributed by atoms with Crippen molar-refractivity contribution in [1.82, 2.24) is 5.48 Å². The van der Waals surface area contributed by atoms with Crippen LogP contribution >= 0.6 is 0 Å². The van der Waals surface area contributed by atoms with Crippen molar-refractivity contribution in [2.24, 2.45) is 0 Å². The first-order chi connectivity index (χ1) is 9.92. The van der Waals surface area contributed by atoms with E-state index in [9.17, 15) is 4.79 Å². The van der Waals surface area contributed by atoms with Crippen molar-refractivity contribution in [3.63, 3.8) is 0 Å². The highest BCUT2D eigenvalue weighted by molar-refractivity contribution is 5.76. The minimum absolute atomic E-state index is 0.404. The van der Waals surface area contributed by atoms with Crippen molar-refractivity contribution >= 4 is 5.97 Å². The van der Waals surface area contributed by atoms with Crippen LogP contribution in [0.1, 0.15) is 5.56 Å². The summed E-state index contributed by atoms with van der Waals surface area (Å²) in [7, 11) is 6.24. The summed E-state index contributed by atoms with van der Waals surface area (Å²) in [6.45, 7) is 4.75. The molecule has 21 heavy (non-hydrogen) atoms. The summed E-state index contributed by atoms with van der Waals surface area (Å²) in [6.07, 6.45) is 1.63. The predicted molar refractivity (Wildman–Crippen MR) is 82.2 cm³/mol. The molecule has 1 atom stereocenters. The number of quaternary nitrogens is 1. The Morgan fingerprint density at radius 2 is 2.00 bits per heavy atom. The molecule has 0 aromatic heterocycles. The van der Waals surface area contributed by atoms with Gasteiger partial charge >= 0.3 is 5.97 Å². The number of nitrogens with one attached hydrogen (secondary N) is 1. The van der Waals surface area contributed by atoms with Crippen LogP contribution in [0.3, 0.4) is 0 Å². The van der Waals surface area contributed by atoms with Gasteiger partial charge in [0, 0.05) is 6.42 Å². The van der Waals surface area contributed by atoms with Gasteiger partial charge in [-0.1, -0.05) is 36.9 Å². The van der Waals surface area contributed by atoms with Crippen molar-refractivity contribution in [1.29, 1.82) is 0 Å². The highest BCUT2D eigenvalue weighted by Crippen LogP contribution is 2.05. The molecular weight excluding hydrogens is 268 g/mol. The van der Waals surface area contributed by atoms with Crippen LogP contribution in [0.25, 0.3) is 0 Å². The second-order valence-corrected chi connectivity index (χ2v) is 5.83. The molecule has 0 spiro atoms. The maximum atomic E-state index is 11.9. The Balaban J connectivity index is 2.53. The number of carbonyl (C=O) groups excluding carboxylic acids is 1. The molecular formula is C16H25N2O3+. The van der Waals surface area contributed by atoms with Crippen molar-refractivity contribution < 1.29 is 18.9 Å². The zero-order valence-corrected chi connectivity index (χ0v) is 13.0. The van der Waals surface area contributed by atoms with Gasteiger partial charge < -0.3 is 9.22 Å². The lowest BCUT2D eigenvalue weighted by atomic mass is 10.1. The maximum Gasteiger partial charge on any atom is 0.330 e. The Bertz CT molecular complexity index is 441. The van der Waals surface area contributed by atoms with Crippen LogP contribution in [0.2, 0.25) is 0 Å². The molecule has 0 bridgehead atoms. The van der Waals surface area contributed by atoms with Crippen LogP contribution in [0.5, 0.6) is 0 Å². The highest BCUT2D eigenvalue weighted by Gasteiger charge is 2.20. The first kappa shape index (κ1) is 17.4. The molecule has 5 nitrogen and oxygen atoms in total. The molecule has 0 saturated carbocycles. The smallest absolute Gasteiger partial charge is 0.330 e. The average molecular weight is 293 g/mol. The van der Waals surface area contributed by atoms with Crippen molar-refractivity contribution in [3.05, 3.63) is 48.7 Å². The summed E-state index contributed by atoms with van der Waals surface area (Å²) < 4.78 is 5.65. The molecule has 0 radical (unpaired) electrons. The minimum atomic E-state index is -0.558. The van der Waals surface area contributed by atoms with Crippen LogP contribution in [-0.4, -0.2) is 50.8 Å². The van der Waals surface area contributed by atoms with E-state index in [4.69, 9.17) is 9.57 Å². The van der Waals surface area contributed by atoms with Crippen molar-refractivity contribution in [2.45, 2.75) is 12.5 Å². The molecule has 1 rings (SSSR count). The standard InChI is InChI=1S/C16H25N2O3/c1-5-20-16(19)15(13-14-9-7-6-8-10-14)17-21-12-11-18(2,3)4/h5-10,15,17H,1,11-13H2,2-4H3/q+1/t15-/m0/s1. The Labute approximate surface area is 126 Å². The number of nitrogens with zero attached hydrogens (tertiary/aromatic N) is 1. The van der Waals surface area contributed by atoms with Gasteiger partial charge in [0.25, 0.3) is 0 Å². The Kier molecular flexibility index (Phi) is 7.08. The van der Waals surface area contributed by atoms with E-state index in [0.717, 1.165) is 22.9 Å². The van der Waals surface area contributed by atoms with Crippen molar-refractivity contribution in [3.8, 4) is 0 Å². The van der Waals surface area contributed by atoms with E-state index in [1.54, 1.807) is 0 Å². The third kappa shape index (κ3) is 7.60. The van der Waals surface area contributed by atoms with E-state index in [2.05, 4.69) is 33.2 Å². The normalized spacial score (nSPS) is 12.7. The predicted octanol–water partition coefficient (Wildman–Crippen LogP) is 1.51. The number of esters is 1. The molecule has 0 fully saturated rings. The third-order valence-corrected chi connectivity index (χ3v) is 2.86. The summed E-state index contributed by atoms with van der Waals surface area (Å²) in [5.41, 5.74) is 3.83. The van der Waals surface area contributed by atoms with Gasteiger partial charge in [-0.25, -0.2) is 4.79 Å². The van der Waals surface area contributed by atoms with Crippen LogP contribution < -0.4 is 5.48 Å². The maximum absolute atomic E-state index is 11.9. The molecule has 0 aliphatic heterocycles. The molecule has 5 heteroatoms. The number of rotatable bonds is 9. The molecule has 0 aliphatic carbocycles. The second kappa shape index (κ2) is 8.56. The minimum Gasteiger partial charge on any atom is -0.434 e. The summed E-state index contributed by atoms with van der Waals surface area (Å²) in [6, 6.07) is 9.17. The van der Waals surface area contributed by atoms with Gasteiger partial charge in [0.2, 0.25) is 0 Å². The van der Waals surface area contributed by atoms with Crippen LogP contribution in [0.4, 0.5) is 0 Å². The molecule has 1 aromatic rings. The topological polar surface area (TPSA) is 47.6 Å². The second-order valence-electron chi connectivity index (χ2n) is 5.83. The van der Waals surface area contributed by atoms with Gasteiger partial charge in [0.05, 0.1) is 27.4 Å². The molecule has 0 amide bonds. The summed E-state index contributed by atoms with van der Waals surface area (Å²) in [5.74, 6) is -0.404. The van der Waals surface area contributed by atoms with Crippen LogP contribution in [-0.2, 0) is 20.8 Å². The van der Waals surface area contributed by atoms with E-state index in [1.807, 2.05) is 30.3 Å². The third-order valence-electron chi connectivity index (χ3n) is 2.86. The van der Waals surface area contributed by atoms with Gasteiger partial charge in [-0.3, -0.25) is 4.84 Å². The van der Waals surface area contributed by atoms with E-state index in [1.165, 1.54) is 0 Å². The monoisotopic (exact) mass is 293 g/mol. The van der Waals surface area contributed by atoms with Gasteiger partial charge in [0.15, 0.2) is 0 Å². The molecule has 1 aromatic carbocycles. The molecule has 0 unspecified atom stereocenters. The lowest BCUT2D eigenvalue weighted by Gasteiger charge is -2.24. The summed E-state index contributed by atoms with van der Waals surface area (Å²) >= 11 is 0. The van der Waals surface area contributed by atoms with Gasteiger partial charge in [-0.15, -0.1) is 0 Å². The van der Waals surface area contributed by atoms with Gasteiger partial charge in [-0.05, 0) is 5.56 Å². The van der Waals surface area contributed by atoms with Crippen molar-refractivity contribution in [2.75, 3.05) is 34.3 Å². The van der Waals surface area contributed by atoms with Crippen LogP contribution in [0.15, 0.2) is 43.2 Å². The first-order valence-electron chi connectivity index (χ1n) is 6.95. The fraction of sp³-hybridized carbons (Fsp3) is 0.438. The number of carbonyl (C=O) groups is 1. The SMILES string of the molecule is C=COC(=O)[C@H](Cc1ccccc1)NOCC[N+](C)(C)C. The summed E-state index contributed by atoms with van der Waals surface area (Å²) in [5, 5.41) is 0. The molecule has 116 valence electrons. The number of hydrogen-bond acceptors (Lipinski definition) is 4. The lowest BCUT2D eigenvalue weighted by Crippen LogP contribution is -2.43. The summed E-state index contributed by atoms with van der Waals surface area (Å²) in [4.78, 5) is 17.3. The number of likely N-dealkylation sites (N-methyl/N-ethyl adjacent to an activating group) is 1. The average Bonchev–Trinajstić information content (AvgIpc) is 2.42. The molecule has 0 saturated heterocycles. The quantitative estimate of drug-likeness (QED) is 0.246. The number of benzene rings is 1. The zero-order chi connectivity index (χ0) is 15.7. The number of hydrogen-bond donors (Lipinski definition) is 1. The molecule has 1 N–H and O–H groups in total. The highest BCUT2D eigenvalue weighted by atomic mass is 16.6. The fourth-order valence-electron chi connectivity index (χ4n) is 1.67. The van der Waals surface area contributed by atoms with Gasteiger partial charge in [0.1, 0.15) is 19.2 Å². The van der Waals surface area contributed by atoms with E-state index < -0.39 is 12.0 Å². The van der Waals surface area contributed by atoms with E-state index in [0.29, 0.717) is 13.0 Å². The zero-order valence-electron chi connectivity index (χ0n) is 13.0.